The van der Waals surface area contributed by atoms with Crippen molar-refractivity contribution in [3.05, 3.63) is 58.1 Å². The Balaban J connectivity index is 1.85. The second kappa shape index (κ2) is 6.19. The second-order valence-corrected chi connectivity index (χ2v) is 7.48. The molecule has 0 atom stereocenters. The zero-order chi connectivity index (χ0) is 18.4. The van der Waals surface area contributed by atoms with E-state index in [1.165, 1.54) is 0 Å². The molecular formula is C20H21ClN2O2. The summed E-state index contributed by atoms with van der Waals surface area (Å²) in [5.74, 6) is -0.311. The first-order valence-electron chi connectivity index (χ1n) is 8.19. The molecule has 0 saturated heterocycles. The van der Waals surface area contributed by atoms with Crippen molar-refractivity contribution < 1.29 is 9.59 Å². The number of nitrogens with zero attached hydrogens (tertiary/aromatic N) is 1. The van der Waals surface area contributed by atoms with Crippen molar-refractivity contribution in [2.75, 3.05) is 16.8 Å². The number of hydrogen-bond donors (Lipinski definition) is 1. The molecule has 0 radical (unpaired) electrons. The number of rotatable bonds is 3. The van der Waals surface area contributed by atoms with Crippen molar-refractivity contribution in [2.45, 2.75) is 33.1 Å². The average molecular weight is 357 g/mol. The molecule has 2 aromatic rings. The van der Waals surface area contributed by atoms with Crippen LogP contribution < -0.4 is 10.2 Å². The molecule has 0 aromatic heterocycles. The lowest BCUT2D eigenvalue weighted by Gasteiger charge is -2.20. The number of carbonyl (C=O) groups excluding carboxylic acids is 2. The monoisotopic (exact) mass is 356 g/mol. The van der Waals surface area contributed by atoms with Crippen LogP contribution in [0.3, 0.4) is 0 Å². The summed E-state index contributed by atoms with van der Waals surface area (Å²) >= 11 is 6.00. The van der Waals surface area contributed by atoms with Gasteiger partial charge in [-0.3, -0.25) is 9.59 Å². The van der Waals surface area contributed by atoms with Crippen LogP contribution >= 0.6 is 11.6 Å². The van der Waals surface area contributed by atoms with Crippen LogP contribution in [0.2, 0.25) is 5.02 Å². The van der Waals surface area contributed by atoms with E-state index in [1.54, 1.807) is 17.0 Å². The maximum Gasteiger partial charge on any atom is 0.244 e. The maximum atomic E-state index is 12.8. The van der Waals surface area contributed by atoms with Crippen molar-refractivity contribution in [1.29, 1.82) is 0 Å². The number of amides is 2. The third kappa shape index (κ3) is 3.14. The highest BCUT2D eigenvalue weighted by molar-refractivity contribution is 6.31. The van der Waals surface area contributed by atoms with Gasteiger partial charge in [-0.1, -0.05) is 35.4 Å². The zero-order valence-corrected chi connectivity index (χ0v) is 15.6. The Labute approximate surface area is 152 Å². The van der Waals surface area contributed by atoms with Crippen LogP contribution in [0.5, 0.6) is 0 Å². The minimum Gasteiger partial charge on any atom is -0.324 e. The first-order valence-corrected chi connectivity index (χ1v) is 8.57. The molecule has 25 heavy (non-hydrogen) atoms. The van der Waals surface area contributed by atoms with E-state index in [1.807, 2.05) is 52.0 Å². The first-order chi connectivity index (χ1) is 11.7. The van der Waals surface area contributed by atoms with E-state index < -0.39 is 5.41 Å². The van der Waals surface area contributed by atoms with Crippen molar-refractivity contribution in [3.63, 3.8) is 0 Å². The number of anilines is 2. The number of hydrogen-bond acceptors (Lipinski definition) is 2. The Morgan fingerprint density at radius 3 is 2.60 bits per heavy atom. The minimum absolute atomic E-state index is 0.0235. The molecule has 2 aromatic carbocycles. The van der Waals surface area contributed by atoms with E-state index in [4.69, 9.17) is 11.6 Å². The summed E-state index contributed by atoms with van der Waals surface area (Å²) in [7, 11) is 0. The third-order valence-electron chi connectivity index (χ3n) is 4.67. The molecule has 0 saturated carbocycles. The molecule has 1 N–H and O–H groups in total. The Morgan fingerprint density at radius 2 is 1.88 bits per heavy atom. The summed E-state index contributed by atoms with van der Waals surface area (Å²) in [5.41, 5.74) is 3.81. The molecule has 5 heteroatoms. The summed E-state index contributed by atoms with van der Waals surface area (Å²) in [6.45, 7) is 7.66. The van der Waals surface area contributed by atoms with Crippen LogP contribution in [0.15, 0.2) is 36.4 Å². The number of aryl methyl sites for hydroxylation is 2. The van der Waals surface area contributed by atoms with Gasteiger partial charge in [-0.2, -0.15) is 0 Å². The molecule has 1 heterocycles. The Bertz CT molecular complexity index is 874. The lowest BCUT2D eigenvalue weighted by Crippen LogP contribution is -2.40. The molecular weight excluding hydrogens is 336 g/mol. The predicted octanol–water partition coefficient (Wildman–Crippen LogP) is 4.22. The quantitative estimate of drug-likeness (QED) is 0.895. The molecule has 0 spiro atoms. The number of benzene rings is 2. The van der Waals surface area contributed by atoms with E-state index in [0.29, 0.717) is 10.7 Å². The van der Waals surface area contributed by atoms with Crippen LogP contribution in [0.25, 0.3) is 0 Å². The van der Waals surface area contributed by atoms with Crippen LogP contribution in [0.1, 0.15) is 30.5 Å². The molecule has 0 bridgehead atoms. The zero-order valence-electron chi connectivity index (χ0n) is 14.8. The fourth-order valence-electron chi connectivity index (χ4n) is 3.17. The molecule has 1 aliphatic heterocycles. The van der Waals surface area contributed by atoms with E-state index in [-0.39, 0.29) is 18.4 Å². The Morgan fingerprint density at radius 1 is 1.16 bits per heavy atom. The minimum atomic E-state index is -0.631. The van der Waals surface area contributed by atoms with Crippen LogP contribution in [-0.4, -0.2) is 18.4 Å². The first kappa shape index (κ1) is 17.5. The van der Waals surface area contributed by atoms with Crippen LogP contribution in [0, 0.1) is 13.8 Å². The molecule has 1 aliphatic rings. The summed E-state index contributed by atoms with van der Waals surface area (Å²) in [6, 6.07) is 11.2. The molecule has 0 aliphatic carbocycles. The molecule has 4 nitrogen and oxygen atoms in total. The van der Waals surface area contributed by atoms with E-state index >= 15 is 0 Å². The Hall–Kier alpha value is -2.33. The molecule has 2 amide bonds. The van der Waals surface area contributed by atoms with Crippen LogP contribution in [-0.2, 0) is 15.0 Å². The van der Waals surface area contributed by atoms with Gasteiger partial charge in [-0.15, -0.1) is 0 Å². The third-order valence-corrected chi connectivity index (χ3v) is 4.91. The van der Waals surface area contributed by atoms with Crippen molar-refractivity contribution in [2.24, 2.45) is 0 Å². The number of nitrogens with one attached hydrogen (secondary N) is 1. The predicted molar refractivity (Wildman–Crippen MR) is 101 cm³/mol. The summed E-state index contributed by atoms with van der Waals surface area (Å²) in [6.07, 6.45) is 0. The van der Waals surface area contributed by atoms with Gasteiger partial charge in [0.05, 0.1) is 5.41 Å². The van der Waals surface area contributed by atoms with Gasteiger partial charge in [0.25, 0.3) is 0 Å². The highest BCUT2D eigenvalue weighted by atomic mass is 35.5. The van der Waals surface area contributed by atoms with Gasteiger partial charge in [0.2, 0.25) is 11.8 Å². The van der Waals surface area contributed by atoms with Gasteiger partial charge in [0, 0.05) is 16.4 Å². The van der Waals surface area contributed by atoms with Gasteiger partial charge >= 0.3 is 0 Å². The highest BCUT2D eigenvalue weighted by Gasteiger charge is 2.44. The standard InChI is InChI=1S/C20H21ClN2O2/c1-12-5-8-17-15(9-12)20(3,4)19(25)23(17)11-18(24)22-16-10-14(21)7-6-13(16)2/h5-10H,11H2,1-4H3,(H,22,24). The number of fused-ring (bicyclic) bond motifs is 1. The smallest absolute Gasteiger partial charge is 0.244 e. The molecule has 0 fully saturated rings. The van der Waals surface area contributed by atoms with E-state index in [9.17, 15) is 9.59 Å². The molecule has 130 valence electrons. The molecule has 0 unspecified atom stereocenters. The normalized spacial score (nSPS) is 15.2. The van der Waals surface area contributed by atoms with Gasteiger partial charge in [0.15, 0.2) is 0 Å². The fourth-order valence-corrected chi connectivity index (χ4v) is 3.34. The van der Waals surface area contributed by atoms with E-state index in [2.05, 4.69) is 5.32 Å². The average Bonchev–Trinajstić information content (AvgIpc) is 2.72. The fraction of sp³-hybridized carbons (Fsp3) is 0.300. The van der Waals surface area contributed by atoms with E-state index in [0.717, 1.165) is 22.4 Å². The second-order valence-electron chi connectivity index (χ2n) is 7.04. The van der Waals surface area contributed by atoms with Crippen molar-refractivity contribution in [1.82, 2.24) is 0 Å². The summed E-state index contributed by atoms with van der Waals surface area (Å²) < 4.78 is 0. The summed E-state index contributed by atoms with van der Waals surface area (Å²) in [5, 5.41) is 3.41. The van der Waals surface area contributed by atoms with Gasteiger partial charge in [-0.05, 0) is 57.0 Å². The van der Waals surface area contributed by atoms with Gasteiger partial charge in [0.1, 0.15) is 6.54 Å². The van der Waals surface area contributed by atoms with Crippen molar-refractivity contribution in [3.8, 4) is 0 Å². The molecule has 3 rings (SSSR count). The topological polar surface area (TPSA) is 49.4 Å². The van der Waals surface area contributed by atoms with Crippen LogP contribution in [0.4, 0.5) is 11.4 Å². The summed E-state index contributed by atoms with van der Waals surface area (Å²) in [4.78, 5) is 26.9. The number of carbonyl (C=O) groups is 2. The largest absolute Gasteiger partial charge is 0.324 e. The highest BCUT2D eigenvalue weighted by Crippen LogP contribution is 2.41. The lowest BCUT2D eigenvalue weighted by atomic mass is 9.85. The SMILES string of the molecule is Cc1ccc2c(c1)C(C)(C)C(=O)N2CC(=O)Nc1cc(Cl)ccc1C. The Kier molecular flexibility index (Phi) is 4.33. The van der Waals surface area contributed by atoms with Crippen molar-refractivity contribution >= 4 is 34.8 Å². The lowest BCUT2D eigenvalue weighted by molar-refractivity contribution is -0.124. The van der Waals surface area contributed by atoms with Gasteiger partial charge < -0.3 is 10.2 Å². The number of halogens is 1. The maximum absolute atomic E-state index is 12.8. The van der Waals surface area contributed by atoms with Gasteiger partial charge in [-0.25, -0.2) is 0 Å².